The van der Waals surface area contributed by atoms with Crippen LogP contribution in [0, 0.1) is 12.8 Å². The molecule has 23 heavy (non-hydrogen) atoms. The van der Waals surface area contributed by atoms with E-state index in [9.17, 15) is 9.59 Å². The molecule has 126 valence electrons. The lowest BCUT2D eigenvalue weighted by molar-refractivity contribution is -0.138. The number of nitrogens with zero attached hydrogens (tertiary/aromatic N) is 4. The molecule has 0 aromatic carbocycles. The molecule has 0 bridgehead atoms. The number of hydrogen-bond acceptors (Lipinski definition) is 3. The molecule has 2 aliphatic rings. The van der Waals surface area contributed by atoms with E-state index >= 15 is 0 Å². The minimum atomic E-state index is 0.163. The standard InChI is InChI=1S/C17H26N4O2/c1-14-6-10-21(18-14)11-7-16(22)19-8-3-9-20(13-12-19)17(23)15-4-2-5-15/h6,10,15H,2-5,7-9,11-13H2,1H3. The topological polar surface area (TPSA) is 58.4 Å². The highest BCUT2D eigenvalue weighted by Crippen LogP contribution is 2.28. The highest BCUT2D eigenvalue weighted by Gasteiger charge is 2.30. The van der Waals surface area contributed by atoms with Gasteiger partial charge in [-0.2, -0.15) is 5.10 Å². The molecule has 6 heteroatoms. The van der Waals surface area contributed by atoms with Crippen molar-refractivity contribution in [3.05, 3.63) is 18.0 Å². The average molecular weight is 318 g/mol. The van der Waals surface area contributed by atoms with Gasteiger partial charge < -0.3 is 9.80 Å². The Morgan fingerprint density at radius 2 is 1.87 bits per heavy atom. The number of carbonyl (C=O) groups excluding carboxylic acids is 2. The van der Waals surface area contributed by atoms with Gasteiger partial charge in [0.25, 0.3) is 0 Å². The van der Waals surface area contributed by atoms with E-state index in [2.05, 4.69) is 5.10 Å². The van der Waals surface area contributed by atoms with E-state index in [0.717, 1.165) is 38.0 Å². The van der Waals surface area contributed by atoms with Crippen molar-refractivity contribution >= 4 is 11.8 Å². The number of aromatic nitrogens is 2. The van der Waals surface area contributed by atoms with Gasteiger partial charge in [0.2, 0.25) is 11.8 Å². The van der Waals surface area contributed by atoms with Gasteiger partial charge in [-0.05, 0) is 32.3 Å². The summed E-state index contributed by atoms with van der Waals surface area (Å²) in [4.78, 5) is 28.6. The summed E-state index contributed by atoms with van der Waals surface area (Å²) in [5.74, 6) is 0.717. The average Bonchev–Trinajstić information content (AvgIpc) is 2.74. The molecular formula is C17H26N4O2. The molecule has 0 radical (unpaired) electrons. The summed E-state index contributed by atoms with van der Waals surface area (Å²) in [6.07, 6.45) is 6.52. The van der Waals surface area contributed by atoms with Crippen molar-refractivity contribution < 1.29 is 9.59 Å². The van der Waals surface area contributed by atoms with E-state index in [0.29, 0.717) is 32.0 Å². The van der Waals surface area contributed by atoms with Gasteiger partial charge in [0.05, 0.1) is 5.69 Å². The van der Waals surface area contributed by atoms with Crippen LogP contribution >= 0.6 is 0 Å². The maximum absolute atomic E-state index is 12.4. The second-order valence-electron chi connectivity index (χ2n) is 6.66. The van der Waals surface area contributed by atoms with Gasteiger partial charge in [-0.3, -0.25) is 14.3 Å². The number of aryl methyl sites for hydroxylation is 2. The fourth-order valence-corrected chi connectivity index (χ4v) is 3.26. The quantitative estimate of drug-likeness (QED) is 0.844. The van der Waals surface area contributed by atoms with Crippen molar-refractivity contribution in [2.45, 2.75) is 45.6 Å². The molecule has 3 rings (SSSR count). The van der Waals surface area contributed by atoms with E-state index in [1.165, 1.54) is 6.42 Å². The molecule has 0 unspecified atom stereocenters. The SMILES string of the molecule is Cc1ccn(CCC(=O)N2CCCN(C(=O)C3CCC3)CC2)n1. The van der Waals surface area contributed by atoms with Gasteiger partial charge in [0.1, 0.15) is 0 Å². The maximum Gasteiger partial charge on any atom is 0.225 e. The van der Waals surface area contributed by atoms with Crippen LogP contribution in [-0.4, -0.2) is 57.6 Å². The summed E-state index contributed by atoms with van der Waals surface area (Å²) in [5, 5.41) is 4.31. The largest absolute Gasteiger partial charge is 0.341 e. The minimum Gasteiger partial charge on any atom is -0.341 e. The first-order valence-corrected chi connectivity index (χ1v) is 8.70. The Kier molecular flexibility index (Phi) is 4.98. The lowest BCUT2D eigenvalue weighted by atomic mass is 9.84. The molecule has 2 amide bonds. The van der Waals surface area contributed by atoms with Gasteiger partial charge in [-0.15, -0.1) is 0 Å². The maximum atomic E-state index is 12.4. The molecule has 0 spiro atoms. The van der Waals surface area contributed by atoms with E-state index in [-0.39, 0.29) is 11.8 Å². The third-order valence-corrected chi connectivity index (χ3v) is 4.94. The normalized spacial score (nSPS) is 19.3. The van der Waals surface area contributed by atoms with Crippen LogP contribution in [0.25, 0.3) is 0 Å². The molecule has 0 N–H and O–H groups in total. The van der Waals surface area contributed by atoms with Crippen molar-refractivity contribution in [3.8, 4) is 0 Å². The zero-order valence-electron chi connectivity index (χ0n) is 13.9. The first-order valence-electron chi connectivity index (χ1n) is 8.70. The van der Waals surface area contributed by atoms with E-state index in [1.807, 2.05) is 33.7 Å². The molecule has 1 saturated heterocycles. The van der Waals surface area contributed by atoms with Crippen LogP contribution in [0.3, 0.4) is 0 Å². The van der Waals surface area contributed by atoms with Crippen LogP contribution < -0.4 is 0 Å². The smallest absolute Gasteiger partial charge is 0.225 e. The molecule has 1 aromatic rings. The molecule has 2 fully saturated rings. The summed E-state index contributed by atoms with van der Waals surface area (Å²) in [6.45, 7) is 5.45. The molecule has 0 atom stereocenters. The molecule has 1 saturated carbocycles. The fourth-order valence-electron chi connectivity index (χ4n) is 3.26. The van der Waals surface area contributed by atoms with Crippen molar-refractivity contribution in [2.24, 2.45) is 5.92 Å². The van der Waals surface area contributed by atoms with E-state index in [4.69, 9.17) is 0 Å². The van der Waals surface area contributed by atoms with Gasteiger partial charge in [-0.25, -0.2) is 0 Å². The predicted molar refractivity (Wildman–Crippen MR) is 86.7 cm³/mol. The third kappa shape index (κ3) is 3.92. The van der Waals surface area contributed by atoms with E-state index < -0.39 is 0 Å². The van der Waals surface area contributed by atoms with Crippen LogP contribution in [0.1, 0.15) is 37.8 Å². The van der Waals surface area contributed by atoms with Crippen molar-refractivity contribution in [1.29, 1.82) is 0 Å². The van der Waals surface area contributed by atoms with Crippen molar-refractivity contribution in [1.82, 2.24) is 19.6 Å². The van der Waals surface area contributed by atoms with Crippen LogP contribution in [0.4, 0.5) is 0 Å². The Morgan fingerprint density at radius 3 is 2.52 bits per heavy atom. The highest BCUT2D eigenvalue weighted by atomic mass is 16.2. The highest BCUT2D eigenvalue weighted by molar-refractivity contribution is 5.80. The fraction of sp³-hybridized carbons (Fsp3) is 0.706. The minimum absolute atomic E-state index is 0.163. The molecule has 1 aromatic heterocycles. The Hall–Kier alpha value is -1.85. The Labute approximate surface area is 137 Å². The number of amides is 2. The Bertz CT molecular complexity index is 565. The van der Waals surface area contributed by atoms with Crippen LogP contribution in [0.5, 0.6) is 0 Å². The van der Waals surface area contributed by atoms with Gasteiger partial charge in [0.15, 0.2) is 0 Å². The molecule has 1 aliphatic carbocycles. The van der Waals surface area contributed by atoms with Crippen LogP contribution in [0.2, 0.25) is 0 Å². The monoisotopic (exact) mass is 318 g/mol. The van der Waals surface area contributed by atoms with Crippen LogP contribution in [-0.2, 0) is 16.1 Å². The summed E-state index contributed by atoms with van der Waals surface area (Å²) in [5.41, 5.74) is 0.970. The van der Waals surface area contributed by atoms with E-state index in [1.54, 1.807) is 0 Å². The zero-order chi connectivity index (χ0) is 16.2. The van der Waals surface area contributed by atoms with Gasteiger partial charge >= 0.3 is 0 Å². The molecule has 2 heterocycles. The number of carbonyl (C=O) groups is 2. The lowest BCUT2D eigenvalue weighted by Crippen LogP contribution is -2.41. The summed E-state index contributed by atoms with van der Waals surface area (Å²) >= 11 is 0. The lowest BCUT2D eigenvalue weighted by Gasteiger charge is -2.31. The summed E-state index contributed by atoms with van der Waals surface area (Å²) < 4.78 is 1.82. The Morgan fingerprint density at radius 1 is 1.13 bits per heavy atom. The van der Waals surface area contributed by atoms with Gasteiger partial charge in [0, 0.05) is 51.3 Å². The van der Waals surface area contributed by atoms with Crippen LogP contribution in [0.15, 0.2) is 12.3 Å². The predicted octanol–water partition coefficient (Wildman–Crippen LogP) is 1.44. The van der Waals surface area contributed by atoms with Crippen molar-refractivity contribution in [3.63, 3.8) is 0 Å². The number of rotatable bonds is 4. The summed E-state index contributed by atoms with van der Waals surface area (Å²) in [7, 11) is 0. The summed E-state index contributed by atoms with van der Waals surface area (Å²) in [6, 6.07) is 1.94. The third-order valence-electron chi connectivity index (χ3n) is 4.94. The zero-order valence-corrected chi connectivity index (χ0v) is 13.9. The molecule has 6 nitrogen and oxygen atoms in total. The molecular weight excluding hydrogens is 292 g/mol. The first kappa shape index (κ1) is 16.0. The first-order chi connectivity index (χ1) is 11.1. The second-order valence-corrected chi connectivity index (χ2v) is 6.66. The second kappa shape index (κ2) is 7.15. The van der Waals surface area contributed by atoms with Gasteiger partial charge in [-0.1, -0.05) is 6.42 Å². The van der Waals surface area contributed by atoms with Crippen molar-refractivity contribution in [2.75, 3.05) is 26.2 Å². The molecule has 1 aliphatic heterocycles. The number of hydrogen-bond donors (Lipinski definition) is 0. The Balaban J connectivity index is 1.46.